The van der Waals surface area contributed by atoms with Crippen molar-refractivity contribution in [3.63, 3.8) is 0 Å². The Morgan fingerprint density at radius 1 is 1.29 bits per heavy atom. The van der Waals surface area contributed by atoms with E-state index in [0.29, 0.717) is 6.10 Å². The van der Waals surface area contributed by atoms with Crippen molar-refractivity contribution < 1.29 is 4.52 Å². The Hall–Kier alpha value is 0.350. The molecule has 1 saturated heterocycles. The predicted molar refractivity (Wildman–Crippen MR) is 68.0 cm³/mol. The average molecular weight is 221 g/mol. The van der Waals surface area contributed by atoms with E-state index in [9.17, 15) is 0 Å². The molecule has 0 bridgehead atoms. The molecule has 1 aliphatic rings. The minimum absolute atomic E-state index is 0.240. The summed E-state index contributed by atoms with van der Waals surface area (Å²) in [7, 11) is -0.240. The summed E-state index contributed by atoms with van der Waals surface area (Å²) < 4.78 is 8.06. The highest BCUT2D eigenvalue weighted by atomic mass is 31.2. The average Bonchev–Trinajstić information content (AvgIpc) is 2.53. The van der Waals surface area contributed by atoms with Crippen LogP contribution in [0.1, 0.15) is 48.0 Å². The molecule has 0 aromatic rings. The van der Waals surface area contributed by atoms with Gasteiger partial charge in [0.15, 0.2) is 0 Å². The molecule has 0 saturated carbocycles. The Kier molecular flexibility index (Phi) is 13.7. The molecular formula is C11H28NOP. The second kappa shape index (κ2) is 11.4. The summed E-state index contributed by atoms with van der Waals surface area (Å²) in [6, 6.07) is 0. The smallest absolute Gasteiger partial charge is 0.101 e. The van der Waals surface area contributed by atoms with Crippen LogP contribution in [0.2, 0.25) is 0 Å². The van der Waals surface area contributed by atoms with Crippen LogP contribution < -0.4 is 0 Å². The van der Waals surface area contributed by atoms with Gasteiger partial charge in [0, 0.05) is 13.1 Å². The lowest BCUT2D eigenvalue weighted by molar-refractivity contribution is 0.278. The van der Waals surface area contributed by atoms with Crippen molar-refractivity contribution in [1.82, 2.24) is 4.67 Å². The van der Waals surface area contributed by atoms with E-state index in [-0.39, 0.29) is 8.30 Å². The van der Waals surface area contributed by atoms with E-state index in [1.54, 1.807) is 0 Å². The Bertz CT molecular complexity index is 111. The lowest BCUT2D eigenvalue weighted by Gasteiger charge is -2.16. The van der Waals surface area contributed by atoms with Crippen molar-refractivity contribution >= 4 is 8.30 Å². The van der Waals surface area contributed by atoms with Crippen molar-refractivity contribution in [3.8, 4) is 0 Å². The zero-order valence-electron chi connectivity index (χ0n) is 11.0. The van der Waals surface area contributed by atoms with Crippen LogP contribution in [0.3, 0.4) is 0 Å². The molecule has 0 radical (unpaired) electrons. The first-order valence-corrected chi connectivity index (χ1v) is 7.55. The zero-order valence-corrected chi connectivity index (χ0v) is 11.9. The minimum Gasteiger partial charge on any atom is -0.340 e. The van der Waals surface area contributed by atoms with E-state index in [0.717, 1.165) is 6.54 Å². The summed E-state index contributed by atoms with van der Waals surface area (Å²) >= 11 is 0. The van der Waals surface area contributed by atoms with Crippen LogP contribution in [0, 0.1) is 0 Å². The van der Waals surface area contributed by atoms with E-state index in [2.05, 4.69) is 25.2 Å². The molecule has 1 rings (SSSR count). The van der Waals surface area contributed by atoms with Gasteiger partial charge in [0.1, 0.15) is 8.30 Å². The second-order valence-electron chi connectivity index (χ2n) is 2.79. The zero-order chi connectivity index (χ0) is 11.6. The van der Waals surface area contributed by atoms with Gasteiger partial charge in [-0.15, -0.1) is 0 Å². The van der Waals surface area contributed by atoms with Gasteiger partial charge >= 0.3 is 0 Å². The van der Waals surface area contributed by atoms with E-state index in [1.165, 1.54) is 13.0 Å². The molecule has 0 aromatic heterocycles. The quantitative estimate of drug-likeness (QED) is 0.651. The van der Waals surface area contributed by atoms with Gasteiger partial charge in [0.25, 0.3) is 0 Å². The number of nitrogens with zero attached hydrogens (tertiary/aromatic N) is 1. The van der Waals surface area contributed by atoms with Crippen LogP contribution in [0.4, 0.5) is 0 Å². The third-order valence-corrected chi connectivity index (χ3v) is 3.51. The molecule has 0 N–H and O–H groups in total. The van der Waals surface area contributed by atoms with Crippen LogP contribution in [-0.2, 0) is 4.52 Å². The Morgan fingerprint density at radius 2 is 1.79 bits per heavy atom. The summed E-state index contributed by atoms with van der Waals surface area (Å²) in [5, 5.41) is 0. The molecular weight excluding hydrogens is 193 g/mol. The summed E-state index contributed by atoms with van der Waals surface area (Å²) in [6.07, 6.45) is 1.70. The predicted octanol–water partition coefficient (Wildman–Crippen LogP) is 4.11. The SMILES string of the molecule is CC.CC.CCCN1CC(C)OP1C. The molecule has 2 unspecified atom stereocenters. The van der Waals surface area contributed by atoms with E-state index in [4.69, 9.17) is 4.52 Å². The first-order valence-electron chi connectivity index (χ1n) is 5.89. The highest BCUT2D eigenvalue weighted by molar-refractivity contribution is 7.49. The number of hydrogen-bond acceptors (Lipinski definition) is 2. The molecule has 3 heteroatoms. The molecule has 1 heterocycles. The maximum Gasteiger partial charge on any atom is 0.101 e. The molecule has 88 valence electrons. The van der Waals surface area contributed by atoms with Crippen LogP contribution in [0.15, 0.2) is 0 Å². The van der Waals surface area contributed by atoms with Crippen molar-refractivity contribution in [2.24, 2.45) is 0 Å². The lowest BCUT2D eigenvalue weighted by Crippen LogP contribution is -2.17. The normalized spacial score (nSPS) is 25.9. The lowest BCUT2D eigenvalue weighted by atomic mass is 10.4. The summed E-state index contributed by atoms with van der Waals surface area (Å²) in [4.78, 5) is 0. The molecule has 0 aliphatic carbocycles. The van der Waals surface area contributed by atoms with Crippen molar-refractivity contribution in [2.45, 2.75) is 54.1 Å². The number of hydrogen-bond donors (Lipinski definition) is 0. The first kappa shape index (κ1) is 16.8. The van der Waals surface area contributed by atoms with Gasteiger partial charge in [0.05, 0.1) is 6.10 Å². The van der Waals surface area contributed by atoms with Crippen LogP contribution in [0.5, 0.6) is 0 Å². The maximum atomic E-state index is 5.62. The van der Waals surface area contributed by atoms with Gasteiger partial charge in [0.2, 0.25) is 0 Å². The standard InChI is InChI=1S/C7H16NOP.2C2H6/c1-4-5-8-6-7(2)9-10(8)3;2*1-2/h7H,4-6H2,1-3H3;2*1-2H3. The third kappa shape index (κ3) is 6.75. The molecule has 14 heavy (non-hydrogen) atoms. The molecule has 0 amide bonds. The fourth-order valence-corrected chi connectivity index (χ4v) is 2.92. The first-order chi connectivity index (χ1) is 6.74. The highest BCUT2D eigenvalue weighted by Crippen LogP contribution is 2.44. The van der Waals surface area contributed by atoms with Gasteiger partial charge in [-0.2, -0.15) is 0 Å². The van der Waals surface area contributed by atoms with E-state index < -0.39 is 0 Å². The van der Waals surface area contributed by atoms with Crippen LogP contribution in [0.25, 0.3) is 0 Å². The molecule has 1 fully saturated rings. The Balaban J connectivity index is 0. The van der Waals surface area contributed by atoms with Crippen molar-refractivity contribution in [2.75, 3.05) is 19.8 Å². The minimum atomic E-state index is -0.240. The monoisotopic (exact) mass is 221 g/mol. The molecule has 0 aromatic carbocycles. The molecule has 0 spiro atoms. The van der Waals surface area contributed by atoms with Crippen LogP contribution in [-0.4, -0.2) is 30.5 Å². The second-order valence-corrected chi connectivity index (χ2v) is 4.50. The molecule has 2 atom stereocenters. The fraction of sp³-hybridized carbons (Fsp3) is 1.00. The van der Waals surface area contributed by atoms with E-state index in [1.807, 2.05) is 27.7 Å². The van der Waals surface area contributed by atoms with Gasteiger partial charge in [-0.3, -0.25) is 4.67 Å². The van der Waals surface area contributed by atoms with Gasteiger partial charge in [-0.25, -0.2) is 0 Å². The molecule has 2 nitrogen and oxygen atoms in total. The third-order valence-electron chi connectivity index (χ3n) is 1.68. The fourth-order valence-electron chi connectivity index (χ4n) is 1.26. The van der Waals surface area contributed by atoms with Gasteiger partial charge < -0.3 is 4.52 Å². The summed E-state index contributed by atoms with van der Waals surface area (Å²) in [6.45, 7) is 16.9. The largest absolute Gasteiger partial charge is 0.340 e. The van der Waals surface area contributed by atoms with Gasteiger partial charge in [-0.1, -0.05) is 34.6 Å². The van der Waals surface area contributed by atoms with Crippen LogP contribution >= 0.6 is 8.30 Å². The van der Waals surface area contributed by atoms with E-state index >= 15 is 0 Å². The number of rotatable bonds is 2. The Labute approximate surface area is 91.9 Å². The highest BCUT2D eigenvalue weighted by Gasteiger charge is 2.25. The summed E-state index contributed by atoms with van der Waals surface area (Å²) in [5.41, 5.74) is 0. The molecule has 1 aliphatic heterocycles. The topological polar surface area (TPSA) is 12.5 Å². The van der Waals surface area contributed by atoms with Crippen molar-refractivity contribution in [1.29, 1.82) is 0 Å². The Morgan fingerprint density at radius 3 is 2.07 bits per heavy atom. The van der Waals surface area contributed by atoms with Crippen molar-refractivity contribution in [3.05, 3.63) is 0 Å². The maximum absolute atomic E-state index is 5.62. The van der Waals surface area contributed by atoms with Gasteiger partial charge in [-0.05, 0) is 20.0 Å². The summed E-state index contributed by atoms with van der Waals surface area (Å²) in [5.74, 6) is 0.